The molecule has 1 N–H and O–H groups in total. The fraction of sp³-hybridized carbons (Fsp3) is 0.368. The van der Waals surface area contributed by atoms with E-state index in [1.807, 2.05) is 0 Å². The van der Waals surface area contributed by atoms with Crippen LogP contribution in [-0.4, -0.2) is 34.2 Å². The minimum atomic E-state index is -3.63. The van der Waals surface area contributed by atoms with Crippen LogP contribution < -0.4 is 4.72 Å². The van der Waals surface area contributed by atoms with Gasteiger partial charge >= 0.3 is 0 Å². The Kier molecular flexibility index (Phi) is 6.34. The number of hydrogen-bond acceptors (Lipinski definition) is 4. The Morgan fingerprint density at radius 2 is 1.54 bits per heavy atom. The number of piperidine rings is 1. The normalized spacial score (nSPS) is 16.8. The van der Waals surface area contributed by atoms with Crippen LogP contribution in [0.3, 0.4) is 0 Å². The van der Waals surface area contributed by atoms with Gasteiger partial charge in [-0.1, -0.05) is 30.7 Å². The van der Waals surface area contributed by atoms with E-state index in [-0.39, 0.29) is 10.6 Å². The van der Waals surface area contributed by atoms with Gasteiger partial charge in [-0.2, -0.15) is 4.31 Å². The smallest absolute Gasteiger partial charge is 0.243 e. The highest BCUT2D eigenvalue weighted by Crippen LogP contribution is 2.24. The average Bonchev–Trinajstić information content (AvgIpc) is 2.64. The Labute approximate surface area is 171 Å². The molecule has 2 aromatic carbocycles. The zero-order valence-electron chi connectivity index (χ0n) is 15.5. The molecule has 1 heterocycles. The molecule has 1 aliphatic rings. The van der Waals surface area contributed by atoms with Gasteiger partial charge in [0.15, 0.2) is 0 Å². The van der Waals surface area contributed by atoms with Gasteiger partial charge in [-0.3, -0.25) is 4.72 Å². The van der Waals surface area contributed by atoms with E-state index in [1.54, 1.807) is 24.3 Å². The second kappa shape index (κ2) is 8.41. The monoisotopic (exact) mass is 442 g/mol. The average molecular weight is 443 g/mol. The van der Waals surface area contributed by atoms with Gasteiger partial charge in [-0.25, -0.2) is 16.8 Å². The van der Waals surface area contributed by atoms with Crippen molar-refractivity contribution in [2.24, 2.45) is 5.92 Å². The van der Waals surface area contributed by atoms with Crippen molar-refractivity contribution in [1.29, 1.82) is 0 Å². The van der Waals surface area contributed by atoms with Crippen molar-refractivity contribution in [3.63, 3.8) is 0 Å². The van der Waals surface area contributed by atoms with Crippen molar-refractivity contribution in [3.8, 4) is 0 Å². The zero-order valence-corrected chi connectivity index (χ0v) is 17.9. The minimum absolute atomic E-state index is 0.169. The molecule has 152 valence electrons. The molecule has 0 aliphatic carbocycles. The van der Waals surface area contributed by atoms with Crippen LogP contribution in [0.4, 0.5) is 5.69 Å². The van der Waals surface area contributed by atoms with E-state index in [1.165, 1.54) is 28.6 Å². The number of anilines is 1. The molecule has 0 bridgehead atoms. The molecule has 1 fully saturated rings. The number of rotatable bonds is 6. The van der Waals surface area contributed by atoms with E-state index >= 15 is 0 Å². The largest absolute Gasteiger partial charge is 0.283 e. The molecular formula is C19H23ClN2O4S2. The highest BCUT2D eigenvalue weighted by Gasteiger charge is 2.28. The molecular weight excluding hydrogens is 420 g/mol. The quantitative estimate of drug-likeness (QED) is 0.739. The molecule has 6 nitrogen and oxygen atoms in total. The standard InChI is InChI=1S/C19H23ClN2O4S2/c1-15-10-12-22(13-11-15)28(25,26)19-8-6-18(7-9-19)21-27(23,24)14-16-2-4-17(20)5-3-16/h2-9,15,21H,10-14H2,1H3. The van der Waals surface area contributed by atoms with Crippen LogP contribution in [0.25, 0.3) is 0 Å². The van der Waals surface area contributed by atoms with Crippen molar-refractivity contribution >= 4 is 37.3 Å². The van der Waals surface area contributed by atoms with E-state index in [4.69, 9.17) is 11.6 Å². The predicted octanol–water partition coefficient (Wildman–Crippen LogP) is 3.70. The molecule has 0 unspecified atom stereocenters. The van der Waals surface area contributed by atoms with Crippen LogP contribution >= 0.6 is 11.6 Å². The second-order valence-corrected chi connectivity index (χ2v) is 11.2. The maximum absolute atomic E-state index is 12.7. The number of benzene rings is 2. The summed E-state index contributed by atoms with van der Waals surface area (Å²) in [6, 6.07) is 12.4. The lowest BCUT2D eigenvalue weighted by atomic mass is 10.0. The maximum atomic E-state index is 12.7. The summed E-state index contributed by atoms with van der Waals surface area (Å²) in [5.74, 6) is 0.333. The molecule has 1 saturated heterocycles. The number of halogens is 1. The van der Waals surface area contributed by atoms with Crippen LogP contribution in [0, 0.1) is 5.92 Å². The SMILES string of the molecule is CC1CCN(S(=O)(=O)c2ccc(NS(=O)(=O)Cc3ccc(Cl)cc3)cc2)CC1. The van der Waals surface area contributed by atoms with Crippen LogP contribution in [0.1, 0.15) is 25.3 Å². The molecule has 0 saturated carbocycles. The van der Waals surface area contributed by atoms with Gasteiger partial charge in [0.2, 0.25) is 20.0 Å². The first kappa shape index (κ1) is 21.1. The first-order valence-electron chi connectivity index (χ1n) is 9.01. The second-order valence-electron chi connectivity index (χ2n) is 7.10. The van der Waals surface area contributed by atoms with Crippen LogP contribution in [0.5, 0.6) is 0 Å². The van der Waals surface area contributed by atoms with Crippen molar-refractivity contribution < 1.29 is 16.8 Å². The summed E-state index contributed by atoms with van der Waals surface area (Å²) in [5.41, 5.74) is 0.926. The topological polar surface area (TPSA) is 83.6 Å². The van der Waals surface area contributed by atoms with E-state index in [0.717, 1.165) is 12.8 Å². The van der Waals surface area contributed by atoms with Crippen LogP contribution in [-0.2, 0) is 25.8 Å². The third kappa shape index (κ3) is 5.26. The van der Waals surface area contributed by atoms with Gasteiger partial charge in [0.25, 0.3) is 0 Å². The summed E-state index contributed by atoms with van der Waals surface area (Å²) in [6.07, 6.45) is 1.70. The predicted molar refractivity (Wildman–Crippen MR) is 111 cm³/mol. The van der Waals surface area contributed by atoms with Gasteiger partial charge in [-0.15, -0.1) is 0 Å². The van der Waals surface area contributed by atoms with E-state index in [9.17, 15) is 16.8 Å². The Bertz CT molecular complexity index is 1010. The van der Waals surface area contributed by atoms with Gasteiger partial charge < -0.3 is 0 Å². The summed E-state index contributed by atoms with van der Waals surface area (Å²) in [6.45, 7) is 3.15. The maximum Gasteiger partial charge on any atom is 0.243 e. The van der Waals surface area contributed by atoms with E-state index < -0.39 is 20.0 Å². The number of nitrogens with one attached hydrogen (secondary N) is 1. The molecule has 0 aromatic heterocycles. The number of nitrogens with zero attached hydrogens (tertiary/aromatic N) is 1. The number of hydrogen-bond donors (Lipinski definition) is 1. The molecule has 0 spiro atoms. The molecule has 1 aliphatic heterocycles. The molecule has 2 aromatic rings. The van der Waals surface area contributed by atoms with Gasteiger partial charge in [0, 0.05) is 23.8 Å². The van der Waals surface area contributed by atoms with Gasteiger partial charge in [-0.05, 0) is 60.7 Å². The summed E-state index contributed by atoms with van der Waals surface area (Å²) in [7, 11) is -7.18. The lowest BCUT2D eigenvalue weighted by Crippen LogP contribution is -2.37. The van der Waals surface area contributed by atoms with Crippen molar-refractivity contribution in [1.82, 2.24) is 4.31 Å². The Hall–Kier alpha value is -1.61. The summed E-state index contributed by atoms with van der Waals surface area (Å²) >= 11 is 5.81. The highest BCUT2D eigenvalue weighted by molar-refractivity contribution is 7.92. The summed E-state index contributed by atoms with van der Waals surface area (Å²) < 4.78 is 54.1. The Balaban J connectivity index is 1.69. The summed E-state index contributed by atoms with van der Waals surface area (Å²) in [4.78, 5) is 0.169. The van der Waals surface area contributed by atoms with Crippen LogP contribution in [0.15, 0.2) is 53.4 Å². The lowest BCUT2D eigenvalue weighted by molar-refractivity contribution is 0.288. The van der Waals surface area contributed by atoms with Crippen molar-refractivity contribution in [3.05, 3.63) is 59.1 Å². The summed E-state index contributed by atoms with van der Waals surface area (Å²) in [5, 5.41) is 0.536. The molecule has 9 heteroatoms. The zero-order chi connectivity index (χ0) is 20.4. The molecule has 0 amide bonds. The third-order valence-electron chi connectivity index (χ3n) is 4.78. The van der Waals surface area contributed by atoms with Crippen molar-refractivity contribution in [2.75, 3.05) is 17.8 Å². The van der Waals surface area contributed by atoms with Crippen LogP contribution in [0.2, 0.25) is 5.02 Å². The number of sulfonamides is 2. The molecule has 0 atom stereocenters. The Morgan fingerprint density at radius 1 is 0.964 bits per heavy atom. The van der Waals surface area contributed by atoms with E-state index in [0.29, 0.717) is 35.3 Å². The third-order valence-corrected chi connectivity index (χ3v) is 8.20. The fourth-order valence-corrected chi connectivity index (χ4v) is 5.88. The minimum Gasteiger partial charge on any atom is -0.283 e. The first-order valence-corrected chi connectivity index (χ1v) is 12.5. The molecule has 0 radical (unpaired) electrons. The molecule has 3 rings (SSSR count). The Morgan fingerprint density at radius 3 is 2.11 bits per heavy atom. The highest BCUT2D eigenvalue weighted by atomic mass is 35.5. The van der Waals surface area contributed by atoms with E-state index in [2.05, 4.69) is 11.6 Å². The first-order chi connectivity index (χ1) is 13.2. The lowest BCUT2D eigenvalue weighted by Gasteiger charge is -2.29. The fourth-order valence-electron chi connectivity index (χ4n) is 3.08. The van der Waals surface area contributed by atoms with Gasteiger partial charge in [0.05, 0.1) is 10.6 Å². The van der Waals surface area contributed by atoms with Gasteiger partial charge in [0.1, 0.15) is 0 Å². The van der Waals surface area contributed by atoms with Crippen molar-refractivity contribution in [2.45, 2.75) is 30.4 Å². The molecule has 28 heavy (non-hydrogen) atoms.